The first kappa shape index (κ1) is 20.3. The first-order chi connectivity index (χ1) is 17.0. The van der Waals surface area contributed by atoms with E-state index in [4.69, 9.17) is 0 Å². The number of amides is 3. The lowest BCUT2D eigenvalue weighted by Crippen LogP contribution is -2.69. The second-order valence-electron chi connectivity index (χ2n) is 11.9. The quantitative estimate of drug-likeness (QED) is 0.700. The highest BCUT2D eigenvalue weighted by Gasteiger charge is 2.97. The van der Waals surface area contributed by atoms with Gasteiger partial charge in [0.25, 0.3) is 5.91 Å². The Morgan fingerprint density at radius 3 is 2.60 bits per heavy atom. The van der Waals surface area contributed by atoms with Crippen LogP contribution in [0.15, 0.2) is 65.8 Å². The third-order valence-corrected chi connectivity index (χ3v) is 11.0. The van der Waals surface area contributed by atoms with Crippen molar-refractivity contribution in [1.82, 2.24) is 10.2 Å². The molecular formula is C30H30N2O3. The van der Waals surface area contributed by atoms with Gasteiger partial charge in [-0.3, -0.25) is 9.59 Å². The van der Waals surface area contributed by atoms with Gasteiger partial charge in [0.2, 0.25) is 0 Å². The third-order valence-electron chi connectivity index (χ3n) is 11.0. The highest BCUT2D eigenvalue weighted by Crippen LogP contribution is 2.93. The average Bonchev–Trinajstić information content (AvgIpc) is 3.45. The van der Waals surface area contributed by atoms with Crippen molar-refractivity contribution in [2.75, 3.05) is 0 Å². The number of imide groups is 1. The summed E-state index contributed by atoms with van der Waals surface area (Å²) in [6, 6.07) is 10.3. The molecule has 1 aromatic carbocycles. The summed E-state index contributed by atoms with van der Waals surface area (Å²) in [5.74, 6) is 0.0327. The van der Waals surface area contributed by atoms with Gasteiger partial charge in [0.15, 0.2) is 0 Å². The first-order valence-electron chi connectivity index (χ1n) is 13.3. The van der Waals surface area contributed by atoms with Crippen LogP contribution in [-0.4, -0.2) is 34.2 Å². The summed E-state index contributed by atoms with van der Waals surface area (Å²) in [4.78, 5) is 43.4. The fourth-order valence-electron chi connectivity index (χ4n) is 10.5. The Hall–Kier alpha value is -2.95. The molecule has 5 fully saturated rings. The molecule has 1 heterocycles. The largest absolute Gasteiger partial charge is 0.335 e. The predicted molar refractivity (Wildman–Crippen MR) is 130 cm³/mol. The maximum absolute atomic E-state index is 14.0. The summed E-state index contributed by atoms with van der Waals surface area (Å²) < 4.78 is 0. The molecule has 35 heavy (non-hydrogen) atoms. The molecular weight excluding hydrogens is 436 g/mol. The first-order valence-corrected chi connectivity index (χ1v) is 13.3. The van der Waals surface area contributed by atoms with E-state index < -0.39 is 11.0 Å². The molecule has 1 N–H and O–H groups in total. The topological polar surface area (TPSA) is 66.5 Å². The van der Waals surface area contributed by atoms with Crippen LogP contribution in [0.5, 0.6) is 0 Å². The van der Waals surface area contributed by atoms with Gasteiger partial charge < -0.3 is 5.32 Å². The molecule has 5 heteroatoms. The minimum atomic E-state index is -0.883. The minimum absolute atomic E-state index is 0.0655. The molecule has 0 radical (unpaired) electrons. The molecule has 5 saturated carbocycles. The number of nitrogens with zero attached hydrogens (tertiary/aromatic N) is 1. The lowest BCUT2D eigenvalue weighted by Gasteiger charge is -2.67. The van der Waals surface area contributed by atoms with Gasteiger partial charge in [0, 0.05) is 34.8 Å². The Labute approximate surface area is 205 Å². The second kappa shape index (κ2) is 6.24. The number of hydrogen-bond acceptors (Lipinski definition) is 3. The molecule has 8 rings (SSSR count). The van der Waals surface area contributed by atoms with Crippen LogP contribution in [0.2, 0.25) is 0 Å². The van der Waals surface area contributed by atoms with Gasteiger partial charge in [0.05, 0.1) is 11.5 Å². The summed E-state index contributed by atoms with van der Waals surface area (Å²) in [5, 5.41) is 3.24. The van der Waals surface area contributed by atoms with Crippen LogP contribution < -0.4 is 5.32 Å². The number of hydrogen-bond donors (Lipinski definition) is 1. The van der Waals surface area contributed by atoms with E-state index in [1.54, 1.807) is 4.90 Å². The van der Waals surface area contributed by atoms with Crippen LogP contribution in [0.3, 0.4) is 0 Å². The molecule has 0 saturated heterocycles. The molecule has 1 aliphatic heterocycles. The fourth-order valence-corrected chi connectivity index (χ4v) is 10.5. The number of carbonyl (C=O) groups is 3. The minimum Gasteiger partial charge on any atom is -0.335 e. The van der Waals surface area contributed by atoms with E-state index in [1.807, 2.05) is 13.0 Å². The maximum Gasteiger partial charge on any atom is 0.325 e. The summed E-state index contributed by atoms with van der Waals surface area (Å²) in [6.07, 6.45) is 14.6. The smallest absolute Gasteiger partial charge is 0.325 e. The van der Waals surface area contributed by atoms with Crippen molar-refractivity contribution < 1.29 is 14.4 Å². The van der Waals surface area contributed by atoms with Crippen molar-refractivity contribution in [2.24, 2.45) is 29.1 Å². The van der Waals surface area contributed by atoms with Crippen molar-refractivity contribution in [3.63, 3.8) is 0 Å². The molecule has 5 nitrogen and oxygen atoms in total. The highest BCUT2D eigenvalue weighted by atomic mass is 16.2. The number of carbonyl (C=O) groups excluding carboxylic acids is 3. The van der Waals surface area contributed by atoms with E-state index >= 15 is 0 Å². The second-order valence-corrected chi connectivity index (χ2v) is 11.9. The fraction of sp³-hybridized carbons (Fsp3) is 0.500. The van der Waals surface area contributed by atoms with Gasteiger partial charge >= 0.3 is 6.03 Å². The van der Waals surface area contributed by atoms with Gasteiger partial charge in [-0.2, -0.15) is 0 Å². The van der Waals surface area contributed by atoms with Gasteiger partial charge in [-0.05, 0) is 42.7 Å². The zero-order chi connectivity index (χ0) is 23.7. The summed E-state index contributed by atoms with van der Waals surface area (Å²) in [7, 11) is 0. The van der Waals surface area contributed by atoms with Crippen LogP contribution in [0, 0.1) is 29.1 Å². The molecule has 7 atom stereocenters. The number of urea groups is 1. The number of nitrogens with one attached hydrogen (secondary N) is 1. The zero-order valence-electron chi connectivity index (χ0n) is 20.0. The van der Waals surface area contributed by atoms with E-state index in [1.165, 1.54) is 12.0 Å². The van der Waals surface area contributed by atoms with Crippen LogP contribution >= 0.6 is 0 Å². The Kier molecular flexibility index (Phi) is 3.61. The van der Waals surface area contributed by atoms with Crippen LogP contribution in [0.4, 0.5) is 4.79 Å². The Balaban J connectivity index is 1.38. The van der Waals surface area contributed by atoms with Crippen LogP contribution in [-0.2, 0) is 15.0 Å². The molecule has 3 amide bonds. The van der Waals surface area contributed by atoms with Gasteiger partial charge in [-0.1, -0.05) is 73.9 Å². The molecule has 178 valence electrons. The molecule has 7 unspecified atom stereocenters. The van der Waals surface area contributed by atoms with E-state index in [9.17, 15) is 14.4 Å². The predicted octanol–water partition coefficient (Wildman–Crippen LogP) is 4.46. The van der Waals surface area contributed by atoms with E-state index in [2.05, 4.69) is 53.9 Å². The number of allylic oxidation sites excluding steroid dienone is 3. The third kappa shape index (κ3) is 1.82. The van der Waals surface area contributed by atoms with Crippen molar-refractivity contribution >= 4 is 17.7 Å². The number of fused-ring (bicyclic) bond motifs is 2. The molecule has 1 aromatic rings. The normalized spacial score (nSPS) is 44.1. The monoisotopic (exact) mass is 466 g/mol. The molecule has 2 bridgehead atoms. The lowest BCUT2D eigenvalue weighted by molar-refractivity contribution is -0.131. The molecule has 0 aromatic heterocycles. The Morgan fingerprint density at radius 2 is 1.83 bits per heavy atom. The zero-order valence-corrected chi connectivity index (χ0v) is 20.0. The van der Waals surface area contributed by atoms with Gasteiger partial charge in [-0.15, -0.1) is 0 Å². The number of benzene rings is 1. The molecule has 2 spiro atoms. The standard InChI is InChI=1S/C30H30N2O3/c1-17-25-29(18-10-4-2-5-11-18)20-16-21(33)24-23(20)28(29)15-9-8-14-22(28)30(24,25)32(26(17)34)27(35)31-19-12-6-3-7-13-19/h2,4-5,8-11,14-15,19-20,22-24H,3,6-7,12-13,16H2,1H3,(H,31,35). The highest BCUT2D eigenvalue weighted by molar-refractivity contribution is 6.12. The number of rotatable bonds is 2. The van der Waals surface area contributed by atoms with E-state index in [0.717, 1.165) is 31.3 Å². The average molecular weight is 467 g/mol. The number of Topliss-reactive ketones (excluding diaryl/α,β-unsaturated/α-hetero) is 1. The molecule has 6 aliphatic carbocycles. The Bertz CT molecular complexity index is 1300. The van der Waals surface area contributed by atoms with Crippen molar-refractivity contribution in [3.8, 4) is 0 Å². The van der Waals surface area contributed by atoms with E-state index in [-0.39, 0.29) is 52.8 Å². The molecule has 7 aliphatic rings. The summed E-state index contributed by atoms with van der Waals surface area (Å²) in [5.41, 5.74) is 1.40. The van der Waals surface area contributed by atoms with Crippen LogP contribution in [0.25, 0.3) is 0 Å². The summed E-state index contributed by atoms with van der Waals surface area (Å²) >= 11 is 0. The number of ketones is 1. The maximum atomic E-state index is 14.0. The van der Waals surface area contributed by atoms with Crippen molar-refractivity contribution in [2.45, 2.75) is 62.4 Å². The SMILES string of the molecule is CC1=C2C3(C4C(=O)CC5C4C4(C=CC=CC34)C25c2ccccc2)N(C(=O)NC2CCCCC2)C1=O. The van der Waals surface area contributed by atoms with Gasteiger partial charge in [-0.25, -0.2) is 9.69 Å². The summed E-state index contributed by atoms with van der Waals surface area (Å²) in [6.45, 7) is 1.91. The Morgan fingerprint density at radius 1 is 1.06 bits per heavy atom. The van der Waals surface area contributed by atoms with Crippen molar-refractivity contribution in [1.29, 1.82) is 0 Å². The van der Waals surface area contributed by atoms with Crippen molar-refractivity contribution in [3.05, 3.63) is 71.3 Å². The van der Waals surface area contributed by atoms with Crippen LogP contribution in [0.1, 0.15) is 51.0 Å². The lowest BCUT2D eigenvalue weighted by atomic mass is 9.34. The van der Waals surface area contributed by atoms with E-state index in [0.29, 0.717) is 12.0 Å². The van der Waals surface area contributed by atoms with Gasteiger partial charge in [0.1, 0.15) is 5.78 Å².